The van der Waals surface area contributed by atoms with Crippen LogP contribution < -0.4 is 10.3 Å². The van der Waals surface area contributed by atoms with Gasteiger partial charge in [0.15, 0.2) is 5.82 Å². The minimum Gasteiger partial charge on any atom is -0.485 e. The Morgan fingerprint density at radius 2 is 1.86 bits per heavy atom. The van der Waals surface area contributed by atoms with Crippen molar-refractivity contribution in [1.82, 2.24) is 14.5 Å². The van der Waals surface area contributed by atoms with E-state index in [2.05, 4.69) is 21.8 Å². The maximum absolute atomic E-state index is 12.7. The zero-order valence-corrected chi connectivity index (χ0v) is 16.7. The molecule has 5 nitrogen and oxygen atoms in total. The van der Waals surface area contributed by atoms with Gasteiger partial charge in [-0.2, -0.15) is 0 Å². The molecule has 0 amide bonds. The van der Waals surface area contributed by atoms with E-state index in [1.54, 1.807) is 29.1 Å². The van der Waals surface area contributed by atoms with Crippen molar-refractivity contribution in [3.63, 3.8) is 0 Å². The molecule has 1 aliphatic carbocycles. The van der Waals surface area contributed by atoms with Gasteiger partial charge < -0.3 is 9.30 Å². The van der Waals surface area contributed by atoms with Crippen molar-refractivity contribution in [2.75, 3.05) is 0 Å². The number of benzene rings is 1. The molecule has 0 unspecified atom stereocenters. The molecule has 1 saturated carbocycles. The summed E-state index contributed by atoms with van der Waals surface area (Å²) < 4.78 is 7.57. The van der Waals surface area contributed by atoms with Crippen LogP contribution in [0.25, 0.3) is 0 Å². The molecule has 0 atom stereocenters. The highest BCUT2D eigenvalue weighted by Crippen LogP contribution is 2.27. The Morgan fingerprint density at radius 1 is 1.14 bits per heavy atom. The smallest absolute Gasteiger partial charge is 0.254 e. The first-order valence-corrected chi connectivity index (χ1v) is 9.80. The molecule has 2 aromatic heterocycles. The normalized spacial score (nSPS) is 12.9. The number of rotatable bonds is 5. The van der Waals surface area contributed by atoms with Crippen LogP contribution in [0.3, 0.4) is 0 Å². The van der Waals surface area contributed by atoms with Gasteiger partial charge in [-0.25, -0.2) is 9.97 Å². The molecule has 0 spiro atoms. The highest BCUT2D eigenvalue weighted by atomic mass is 16.5. The predicted octanol–water partition coefficient (Wildman–Crippen LogP) is 3.64. The monoisotopic (exact) mass is 385 g/mol. The van der Waals surface area contributed by atoms with Gasteiger partial charge in [0.1, 0.15) is 12.4 Å². The molecule has 1 aliphatic rings. The van der Waals surface area contributed by atoms with Gasteiger partial charge in [0.2, 0.25) is 0 Å². The molecule has 3 aromatic rings. The van der Waals surface area contributed by atoms with Crippen LogP contribution in [0.5, 0.6) is 5.75 Å². The standard InChI is InChI=1S/C24H23N3O2/c1-17-18(2)27(15-21-10-8-20(9-11-21)7-6-19-4-5-19)24(28)14-22(17)29-16-23-25-12-3-13-26-23/h3,8-14,19H,4-5,15-16H2,1-2H3. The Hall–Kier alpha value is -3.39. The summed E-state index contributed by atoms with van der Waals surface area (Å²) in [5.74, 6) is 8.23. The zero-order chi connectivity index (χ0) is 20.2. The second-order valence-electron chi connectivity index (χ2n) is 7.34. The minimum atomic E-state index is -0.0883. The summed E-state index contributed by atoms with van der Waals surface area (Å²) in [5.41, 5.74) is 3.83. The summed E-state index contributed by atoms with van der Waals surface area (Å²) in [6.07, 6.45) is 5.80. The third-order valence-electron chi connectivity index (χ3n) is 5.11. The third-order valence-corrected chi connectivity index (χ3v) is 5.11. The summed E-state index contributed by atoms with van der Waals surface area (Å²) in [7, 11) is 0. The highest BCUT2D eigenvalue weighted by molar-refractivity contribution is 5.38. The molecule has 146 valence electrons. The molecule has 29 heavy (non-hydrogen) atoms. The molecular weight excluding hydrogens is 362 g/mol. The number of aromatic nitrogens is 3. The number of hydrogen-bond donors (Lipinski definition) is 0. The average Bonchev–Trinajstić information content (AvgIpc) is 3.57. The SMILES string of the molecule is Cc1c(OCc2ncccn2)cc(=O)n(Cc2ccc(C#CC3CC3)cc2)c1C. The second kappa shape index (κ2) is 8.32. The molecule has 4 rings (SSSR count). The first kappa shape index (κ1) is 18.9. The van der Waals surface area contributed by atoms with Crippen molar-refractivity contribution in [3.8, 4) is 17.6 Å². The fraction of sp³-hybridized carbons (Fsp3) is 0.292. The second-order valence-corrected chi connectivity index (χ2v) is 7.34. The Labute approximate surface area is 170 Å². The van der Waals surface area contributed by atoms with Gasteiger partial charge in [-0.3, -0.25) is 4.79 Å². The molecule has 0 N–H and O–H groups in total. The van der Waals surface area contributed by atoms with Crippen LogP contribution >= 0.6 is 0 Å². The molecule has 0 aliphatic heterocycles. The number of pyridine rings is 1. The maximum Gasteiger partial charge on any atom is 0.254 e. The lowest BCUT2D eigenvalue weighted by Gasteiger charge is -2.16. The molecule has 1 fully saturated rings. The Kier molecular flexibility index (Phi) is 5.44. The number of hydrogen-bond acceptors (Lipinski definition) is 4. The molecule has 5 heteroatoms. The largest absolute Gasteiger partial charge is 0.485 e. The molecule has 1 aromatic carbocycles. The fourth-order valence-electron chi connectivity index (χ4n) is 3.03. The first-order chi connectivity index (χ1) is 14.1. The summed E-state index contributed by atoms with van der Waals surface area (Å²) >= 11 is 0. The topological polar surface area (TPSA) is 57.0 Å². The number of nitrogens with zero attached hydrogens (tertiary/aromatic N) is 3. The van der Waals surface area contributed by atoms with Crippen molar-refractivity contribution in [2.24, 2.45) is 5.92 Å². The van der Waals surface area contributed by atoms with E-state index in [1.807, 2.05) is 38.1 Å². The van der Waals surface area contributed by atoms with Gasteiger partial charge in [0, 0.05) is 41.2 Å². The van der Waals surface area contributed by atoms with E-state index in [0.717, 1.165) is 22.4 Å². The lowest BCUT2D eigenvalue weighted by molar-refractivity contribution is 0.292. The Bertz CT molecular complexity index is 1120. The minimum absolute atomic E-state index is 0.0883. The maximum atomic E-state index is 12.7. The summed E-state index contributed by atoms with van der Waals surface area (Å²) in [6.45, 7) is 4.65. The predicted molar refractivity (Wildman–Crippen MR) is 112 cm³/mol. The van der Waals surface area contributed by atoms with Gasteiger partial charge in [-0.15, -0.1) is 0 Å². The van der Waals surface area contributed by atoms with Gasteiger partial charge >= 0.3 is 0 Å². The Balaban J connectivity index is 1.50. The lowest BCUT2D eigenvalue weighted by Crippen LogP contribution is -2.23. The van der Waals surface area contributed by atoms with Gasteiger partial charge in [-0.1, -0.05) is 24.0 Å². The third kappa shape index (κ3) is 4.72. The van der Waals surface area contributed by atoms with Crippen LogP contribution in [0.1, 0.15) is 41.1 Å². The lowest BCUT2D eigenvalue weighted by atomic mass is 10.1. The summed E-state index contributed by atoms with van der Waals surface area (Å²) in [4.78, 5) is 21.0. The van der Waals surface area contributed by atoms with Crippen molar-refractivity contribution < 1.29 is 4.74 Å². The van der Waals surface area contributed by atoms with Gasteiger partial charge in [-0.05, 0) is 50.5 Å². The van der Waals surface area contributed by atoms with E-state index in [-0.39, 0.29) is 12.2 Å². The van der Waals surface area contributed by atoms with E-state index < -0.39 is 0 Å². The summed E-state index contributed by atoms with van der Waals surface area (Å²) in [6, 6.07) is 11.4. The van der Waals surface area contributed by atoms with Crippen molar-refractivity contribution in [1.29, 1.82) is 0 Å². The van der Waals surface area contributed by atoms with E-state index in [4.69, 9.17) is 4.74 Å². The fourth-order valence-corrected chi connectivity index (χ4v) is 3.03. The number of ether oxygens (including phenoxy) is 1. The molecule has 0 saturated heterocycles. The van der Waals surface area contributed by atoms with E-state index in [9.17, 15) is 4.79 Å². The van der Waals surface area contributed by atoms with Crippen LogP contribution in [-0.2, 0) is 13.2 Å². The highest BCUT2D eigenvalue weighted by Gasteiger charge is 2.17. The Morgan fingerprint density at radius 3 is 2.55 bits per heavy atom. The van der Waals surface area contributed by atoms with Gasteiger partial charge in [0.05, 0.1) is 6.54 Å². The molecule has 2 heterocycles. The molecule has 0 bridgehead atoms. The van der Waals surface area contributed by atoms with Crippen molar-refractivity contribution >= 4 is 0 Å². The van der Waals surface area contributed by atoms with E-state index >= 15 is 0 Å². The summed E-state index contributed by atoms with van der Waals surface area (Å²) in [5, 5.41) is 0. The van der Waals surface area contributed by atoms with Crippen LogP contribution in [0.2, 0.25) is 0 Å². The van der Waals surface area contributed by atoms with Crippen molar-refractivity contribution in [3.05, 3.63) is 87.4 Å². The van der Waals surface area contributed by atoms with Crippen LogP contribution in [0.15, 0.2) is 53.6 Å². The van der Waals surface area contributed by atoms with Gasteiger partial charge in [0.25, 0.3) is 5.56 Å². The van der Waals surface area contributed by atoms with Crippen LogP contribution in [0, 0.1) is 31.6 Å². The first-order valence-electron chi connectivity index (χ1n) is 9.80. The van der Waals surface area contributed by atoms with E-state index in [1.165, 1.54) is 12.8 Å². The zero-order valence-electron chi connectivity index (χ0n) is 16.7. The average molecular weight is 385 g/mol. The van der Waals surface area contributed by atoms with Crippen molar-refractivity contribution in [2.45, 2.75) is 39.8 Å². The van der Waals surface area contributed by atoms with Crippen LogP contribution in [0.4, 0.5) is 0 Å². The quantitative estimate of drug-likeness (QED) is 0.629. The van der Waals surface area contributed by atoms with Crippen LogP contribution in [-0.4, -0.2) is 14.5 Å². The molecular formula is C24H23N3O2. The molecule has 0 radical (unpaired) electrons. The van der Waals surface area contributed by atoms with E-state index in [0.29, 0.717) is 24.0 Å².